The molecule has 2 aromatic carbocycles. The second-order valence-electron chi connectivity index (χ2n) is 7.84. The molecule has 0 saturated carbocycles. The minimum Gasteiger partial charge on any atom is -0.497 e. The van der Waals surface area contributed by atoms with Crippen molar-refractivity contribution < 1.29 is 28.7 Å². The van der Waals surface area contributed by atoms with Crippen LogP contribution in [0.3, 0.4) is 0 Å². The van der Waals surface area contributed by atoms with Gasteiger partial charge >= 0.3 is 0 Å². The van der Waals surface area contributed by atoms with Crippen molar-refractivity contribution in [2.75, 3.05) is 18.6 Å². The van der Waals surface area contributed by atoms with E-state index in [2.05, 4.69) is 5.43 Å². The van der Waals surface area contributed by atoms with Crippen molar-refractivity contribution in [1.82, 2.24) is 10.4 Å². The van der Waals surface area contributed by atoms with E-state index >= 15 is 0 Å². The number of hydrazine groups is 1. The minimum atomic E-state index is -1.18. The number of carbonyl (C=O) groups is 4. The van der Waals surface area contributed by atoms with E-state index in [1.807, 2.05) is 19.9 Å². The Kier molecular flexibility index (Phi) is 7.68. The summed E-state index contributed by atoms with van der Waals surface area (Å²) < 4.78 is 10.5. The van der Waals surface area contributed by atoms with E-state index in [0.29, 0.717) is 17.2 Å². The van der Waals surface area contributed by atoms with Gasteiger partial charge in [0, 0.05) is 6.08 Å². The molecule has 1 unspecified atom stereocenters. The van der Waals surface area contributed by atoms with Crippen LogP contribution in [0.2, 0.25) is 0 Å². The van der Waals surface area contributed by atoms with E-state index in [-0.39, 0.29) is 6.42 Å². The third-order valence-electron chi connectivity index (χ3n) is 5.12. The number of methoxy groups -OCH3 is 1. The molecule has 0 aromatic heterocycles. The number of carbonyl (C=O) groups excluding carboxylic acids is 4. The molecular weight excluding hydrogens is 438 g/mol. The van der Waals surface area contributed by atoms with Crippen LogP contribution in [0, 0.1) is 13.8 Å². The largest absolute Gasteiger partial charge is 0.497 e. The molecule has 4 amide bonds. The molecule has 1 fully saturated rings. The number of amides is 4. The SMILES string of the molecule is CC=CC(=O)N(NC(=O)COc1ccc(OC)cc1)C1CC(=O)N(c2cc(C)cc(C)c2)C1=O. The van der Waals surface area contributed by atoms with Crippen LogP contribution in [-0.4, -0.2) is 48.4 Å². The number of rotatable bonds is 7. The lowest BCUT2D eigenvalue weighted by Crippen LogP contribution is -2.55. The van der Waals surface area contributed by atoms with Crippen molar-refractivity contribution in [1.29, 1.82) is 0 Å². The first-order chi connectivity index (χ1) is 16.2. The number of aryl methyl sites for hydroxylation is 2. The molecular formula is C25H27N3O6. The van der Waals surface area contributed by atoms with Crippen molar-refractivity contribution in [3.05, 3.63) is 65.7 Å². The summed E-state index contributed by atoms with van der Waals surface area (Å²) in [5.41, 5.74) is 4.65. The molecule has 0 radical (unpaired) electrons. The maximum absolute atomic E-state index is 13.2. The summed E-state index contributed by atoms with van der Waals surface area (Å²) in [6, 6.07) is 10.8. The highest BCUT2D eigenvalue weighted by Gasteiger charge is 2.45. The number of nitrogens with one attached hydrogen (secondary N) is 1. The van der Waals surface area contributed by atoms with Gasteiger partial charge in [0.25, 0.3) is 17.7 Å². The quantitative estimate of drug-likeness (QED) is 0.383. The topological polar surface area (TPSA) is 105 Å². The molecule has 1 heterocycles. The molecule has 34 heavy (non-hydrogen) atoms. The van der Waals surface area contributed by atoms with Crippen LogP contribution in [-0.2, 0) is 19.2 Å². The Morgan fingerprint density at radius 3 is 2.29 bits per heavy atom. The molecule has 1 N–H and O–H groups in total. The van der Waals surface area contributed by atoms with Crippen molar-refractivity contribution in [3.63, 3.8) is 0 Å². The molecule has 1 aliphatic heterocycles. The lowest BCUT2D eigenvalue weighted by Gasteiger charge is -2.27. The van der Waals surface area contributed by atoms with Crippen molar-refractivity contribution in [2.24, 2.45) is 0 Å². The van der Waals surface area contributed by atoms with Gasteiger partial charge in [0.2, 0.25) is 5.91 Å². The van der Waals surface area contributed by atoms with Crippen molar-refractivity contribution in [3.8, 4) is 11.5 Å². The van der Waals surface area contributed by atoms with Gasteiger partial charge < -0.3 is 9.47 Å². The molecule has 1 saturated heterocycles. The number of hydrogen-bond donors (Lipinski definition) is 1. The first-order valence-electron chi connectivity index (χ1n) is 10.7. The number of benzene rings is 2. The lowest BCUT2D eigenvalue weighted by molar-refractivity contribution is -0.144. The monoisotopic (exact) mass is 465 g/mol. The molecule has 3 rings (SSSR count). The predicted molar refractivity (Wildman–Crippen MR) is 125 cm³/mol. The molecule has 178 valence electrons. The van der Waals surface area contributed by atoms with Crippen molar-refractivity contribution in [2.45, 2.75) is 33.2 Å². The number of hydrogen-bond acceptors (Lipinski definition) is 6. The van der Waals surface area contributed by atoms with Crippen LogP contribution in [0.4, 0.5) is 5.69 Å². The summed E-state index contributed by atoms with van der Waals surface area (Å²) in [5.74, 6) is -1.27. The van der Waals surface area contributed by atoms with Gasteiger partial charge in [-0.3, -0.25) is 24.6 Å². The fourth-order valence-electron chi connectivity index (χ4n) is 3.67. The second kappa shape index (κ2) is 10.7. The van der Waals surface area contributed by atoms with Gasteiger partial charge in [-0.15, -0.1) is 0 Å². The zero-order valence-corrected chi connectivity index (χ0v) is 19.5. The average molecular weight is 466 g/mol. The summed E-state index contributed by atoms with van der Waals surface area (Å²) in [7, 11) is 1.54. The zero-order chi connectivity index (χ0) is 24.8. The van der Waals surface area contributed by atoms with Gasteiger partial charge in [-0.1, -0.05) is 12.1 Å². The first kappa shape index (κ1) is 24.5. The molecule has 0 aliphatic carbocycles. The highest BCUT2D eigenvalue weighted by Crippen LogP contribution is 2.27. The second-order valence-corrected chi connectivity index (χ2v) is 7.84. The molecule has 1 atom stereocenters. The van der Waals surface area contributed by atoms with Crippen LogP contribution in [0.25, 0.3) is 0 Å². The molecule has 9 nitrogen and oxygen atoms in total. The fraction of sp³-hybridized carbons (Fsp3) is 0.280. The smallest absolute Gasteiger partial charge is 0.276 e. The Labute approximate surface area is 197 Å². The van der Waals surface area contributed by atoms with E-state index in [1.54, 1.807) is 43.3 Å². The molecule has 0 spiro atoms. The van der Waals surface area contributed by atoms with Crippen molar-refractivity contribution >= 4 is 29.3 Å². The highest BCUT2D eigenvalue weighted by atomic mass is 16.5. The van der Waals surface area contributed by atoms with Crippen LogP contribution in [0.1, 0.15) is 24.5 Å². The van der Waals surface area contributed by atoms with E-state index in [4.69, 9.17) is 9.47 Å². The minimum absolute atomic E-state index is 0.255. The molecule has 9 heteroatoms. The van der Waals surface area contributed by atoms with Crippen LogP contribution >= 0.6 is 0 Å². The summed E-state index contributed by atoms with van der Waals surface area (Å²) >= 11 is 0. The number of allylic oxidation sites excluding steroid dienone is 1. The van der Waals surface area contributed by atoms with Crippen LogP contribution < -0.4 is 19.8 Å². The van der Waals surface area contributed by atoms with E-state index in [9.17, 15) is 19.2 Å². The number of imide groups is 1. The van der Waals surface area contributed by atoms with E-state index < -0.39 is 36.3 Å². The van der Waals surface area contributed by atoms with Gasteiger partial charge in [-0.2, -0.15) is 0 Å². The maximum Gasteiger partial charge on any atom is 0.276 e. The van der Waals surface area contributed by atoms with E-state index in [1.165, 1.54) is 19.3 Å². The Morgan fingerprint density at radius 1 is 1.09 bits per heavy atom. The highest BCUT2D eigenvalue weighted by molar-refractivity contribution is 6.23. The zero-order valence-electron chi connectivity index (χ0n) is 19.5. The van der Waals surface area contributed by atoms with Crippen LogP contribution in [0.5, 0.6) is 11.5 Å². The van der Waals surface area contributed by atoms with Crippen LogP contribution in [0.15, 0.2) is 54.6 Å². The maximum atomic E-state index is 13.2. The van der Waals surface area contributed by atoms with Gasteiger partial charge in [0.1, 0.15) is 17.5 Å². The number of anilines is 1. The molecule has 0 bridgehead atoms. The van der Waals surface area contributed by atoms with E-state index in [0.717, 1.165) is 21.0 Å². The van der Waals surface area contributed by atoms with Gasteiger partial charge in [0.15, 0.2) is 6.61 Å². The molecule has 1 aliphatic rings. The first-order valence-corrected chi connectivity index (χ1v) is 10.7. The fourth-order valence-corrected chi connectivity index (χ4v) is 3.67. The Morgan fingerprint density at radius 2 is 1.71 bits per heavy atom. The normalized spacial score (nSPS) is 15.5. The Hall–Kier alpha value is -4.14. The van der Waals surface area contributed by atoms with Gasteiger partial charge in [-0.05, 0) is 68.3 Å². The van der Waals surface area contributed by atoms with Gasteiger partial charge in [0.05, 0.1) is 19.2 Å². The summed E-state index contributed by atoms with van der Waals surface area (Å²) in [6.45, 7) is 4.96. The Balaban J connectivity index is 1.76. The number of nitrogens with zero attached hydrogens (tertiary/aromatic N) is 2. The molecule has 2 aromatic rings. The predicted octanol–water partition coefficient (Wildman–Crippen LogP) is 2.46. The summed E-state index contributed by atoms with van der Waals surface area (Å²) in [6.07, 6.45) is 2.44. The third kappa shape index (κ3) is 5.61. The van der Waals surface area contributed by atoms with Gasteiger partial charge in [-0.25, -0.2) is 9.91 Å². The Bertz CT molecular complexity index is 1110. The summed E-state index contributed by atoms with van der Waals surface area (Å²) in [4.78, 5) is 52.3. The average Bonchev–Trinajstić information content (AvgIpc) is 3.09. The lowest BCUT2D eigenvalue weighted by atomic mass is 10.1. The number of ether oxygens (including phenoxy) is 2. The summed E-state index contributed by atoms with van der Waals surface area (Å²) in [5, 5.41) is 0.891. The third-order valence-corrected chi connectivity index (χ3v) is 5.12. The standard InChI is InChI=1S/C25H27N3O6/c1-5-6-23(30)28(26-22(29)15-34-20-9-7-19(33-4)8-10-20)21-14-24(31)27(25(21)32)18-12-16(2)11-17(3)13-18/h5-13,21H,14-15H2,1-4H3,(H,26,29).